The van der Waals surface area contributed by atoms with E-state index in [1.807, 2.05) is 0 Å². The van der Waals surface area contributed by atoms with E-state index in [1.165, 1.54) is 18.9 Å². The standard InChI is InChI=1S/C18H25NO4/c1-10-14-7-13(18(14,3)4)8-15(10)23-17(21)11(2)19-16(20)12-5-6-22-9-12/h5-6,9-11,13-15H,7-8H2,1-4H3,(H,19,20)/t10-,11-,13+,14-,15+/m0/s1. The summed E-state index contributed by atoms with van der Waals surface area (Å²) in [5, 5.41) is 2.65. The molecule has 3 aliphatic rings. The zero-order chi connectivity index (χ0) is 16.8. The predicted molar refractivity (Wildman–Crippen MR) is 84.7 cm³/mol. The van der Waals surface area contributed by atoms with Crippen LogP contribution in [0, 0.1) is 23.2 Å². The van der Waals surface area contributed by atoms with E-state index in [4.69, 9.17) is 9.15 Å². The first kappa shape index (κ1) is 16.1. The molecule has 0 spiro atoms. The summed E-state index contributed by atoms with van der Waals surface area (Å²) in [7, 11) is 0. The molecule has 5 heteroatoms. The summed E-state index contributed by atoms with van der Waals surface area (Å²) < 4.78 is 10.6. The second kappa shape index (κ2) is 5.69. The van der Waals surface area contributed by atoms with Crippen LogP contribution in [0.1, 0.15) is 50.9 Å². The number of furan rings is 1. The van der Waals surface area contributed by atoms with Gasteiger partial charge in [0.05, 0.1) is 11.8 Å². The van der Waals surface area contributed by atoms with Crippen LogP contribution in [0.25, 0.3) is 0 Å². The molecule has 3 saturated carbocycles. The highest BCUT2D eigenvalue weighted by molar-refractivity contribution is 5.96. The summed E-state index contributed by atoms with van der Waals surface area (Å²) in [4.78, 5) is 24.2. The molecule has 2 bridgehead atoms. The van der Waals surface area contributed by atoms with E-state index in [1.54, 1.807) is 13.0 Å². The van der Waals surface area contributed by atoms with Crippen molar-refractivity contribution in [3.05, 3.63) is 24.2 Å². The smallest absolute Gasteiger partial charge is 0.328 e. The predicted octanol–water partition coefficient (Wildman–Crippen LogP) is 3.01. The third-order valence-electron chi connectivity index (χ3n) is 6.04. The van der Waals surface area contributed by atoms with Gasteiger partial charge in [-0.2, -0.15) is 0 Å². The number of fused-ring (bicyclic) bond motifs is 2. The van der Waals surface area contributed by atoms with Gasteiger partial charge in [-0.1, -0.05) is 20.8 Å². The van der Waals surface area contributed by atoms with E-state index in [0.717, 1.165) is 6.42 Å². The van der Waals surface area contributed by atoms with Crippen molar-refractivity contribution in [2.24, 2.45) is 23.2 Å². The largest absolute Gasteiger partial charge is 0.472 e. The number of rotatable bonds is 4. The Kier molecular flexibility index (Phi) is 3.98. The highest BCUT2D eigenvalue weighted by atomic mass is 16.5. The molecule has 1 aromatic rings. The third kappa shape index (κ3) is 2.77. The molecular formula is C18H25NO4. The fraction of sp³-hybridized carbons (Fsp3) is 0.667. The number of esters is 1. The van der Waals surface area contributed by atoms with Gasteiger partial charge >= 0.3 is 5.97 Å². The van der Waals surface area contributed by atoms with Crippen LogP contribution in [0.15, 0.2) is 23.0 Å². The Morgan fingerprint density at radius 3 is 2.70 bits per heavy atom. The molecule has 126 valence electrons. The van der Waals surface area contributed by atoms with E-state index in [2.05, 4.69) is 26.1 Å². The lowest BCUT2D eigenvalue weighted by atomic mass is 9.45. The molecule has 0 aliphatic heterocycles. The van der Waals surface area contributed by atoms with Crippen molar-refractivity contribution in [2.45, 2.75) is 52.7 Å². The van der Waals surface area contributed by atoms with Gasteiger partial charge in [0.15, 0.2) is 0 Å². The van der Waals surface area contributed by atoms with Crippen LogP contribution >= 0.6 is 0 Å². The Morgan fingerprint density at radius 1 is 1.39 bits per heavy atom. The van der Waals surface area contributed by atoms with Crippen LogP contribution in [0.5, 0.6) is 0 Å². The highest BCUT2D eigenvalue weighted by Crippen LogP contribution is 2.61. The molecule has 0 saturated heterocycles. The maximum atomic E-state index is 12.3. The van der Waals surface area contributed by atoms with Crippen molar-refractivity contribution in [3.8, 4) is 0 Å². The van der Waals surface area contributed by atoms with Gasteiger partial charge in [0.2, 0.25) is 0 Å². The number of amides is 1. The fourth-order valence-corrected chi connectivity index (χ4v) is 4.24. The van der Waals surface area contributed by atoms with Gasteiger partial charge in [-0.3, -0.25) is 4.79 Å². The second-order valence-corrected chi connectivity index (χ2v) is 7.64. The molecule has 3 aliphatic carbocycles. The quantitative estimate of drug-likeness (QED) is 0.866. The maximum absolute atomic E-state index is 12.3. The average Bonchev–Trinajstić information content (AvgIpc) is 3.02. The lowest BCUT2D eigenvalue weighted by Gasteiger charge is -2.61. The molecule has 1 aromatic heterocycles. The summed E-state index contributed by atoms with van der Waals surface area (Å²) in [5.41, 5.74) is 0.766. The van der Waals surface area contributed by atoms with Crippen LogP contribution in [0.4, 0.5) is 0 Å². The Balaban J connectivity index is 1.54. The molecule has 3 fully saturated rings. The summed E-state index contributed by atoms with van der Waals surface area (Å²) in [6, 6.07) is 0.891. The van der Waals surface area contributed by atoms with Gasteiger partial charge < -0.3 is 14.5 Å². The SMILES string of the molecule is C[C@@H]1[C@H](OC(=O)[C@H](C)NC(=O)c2ccoc2)C[C@H]2C[C@@H]1C2(C)C. The highest BCUT2D eigenvalue weighted by Gasteiger charge is 2.57. The van der Waals surface area contributed by atoms with Crippen molar-refractivity contribution >= 4 is 11.9 Å². The molecule has 5 atom stereocenters. The first-order chi connectivity index (χ1) is 10.8. The van der Waals surface area contributed by atoms with E-state index in [-0.39, 0.29) is 18.0 Å². The minimum atomic E-state index is -0.670. The number of hydrogen-bond acceptors (Lipinski definition) is 4. The lowest BCUT2D eigenvalue weighted by molar-refractivity contribution is -0.187. The molecule has 23 heavy (non-hydrogen) atoms. The first-order valence-corrected chi connectivity index (χ1v) is 8.34. The number of ether oxygens (including phenoxy) is 1. The third-order valence-corrected chi connectivity index (χ3v) is 6.04. The molecule has 1 N–H and O–H groups in total. The number of hydrogen-bond donors (Lipinski definition) is 1. The molecule has 0 radical (unpaired) electrons. The zero-order valence-electron chi connectivity index (χ0n) is 14.2. The first-order valence-electron chi connectivity index (χ1n) is 8.34. The summed E-state index contributed by atoms with van der Waals surface area (Å²) in [5.74, 6) is 0.935. The van der Waals surface area contributed by atoms with E-state index < -0.39 is 6.04 Å². The molecule has 4 rings (SSSR count). The molecule has 0 aromatic carbocycles. The van der Waals surface area contributed by atoms with Crippen LogP contribution in [-0.4, -0.2) is 24.0 Å². The normalized spacial score (nSPS) is 32.5. The van der Waals surface area contributed by atoms with Crippen LogP contribution in [0.2, 0.25) is 0 Å². The maximum Gasteiger partial charge on any atom is 0.328 e. The van der Waals surface area contributed by atoms with Gasteiger partial charge in [0.1, 0.15) is 18.4 Å². The van der Waals surface area contributed by atoms with Gasteiger partial charge in [-0.15, -0.1) is 0 Å². The summed E-state index contributed by atoms with van der Waals surface area (Å²) in [6.45, 7) is 8.45. The Hall–Kier alpha value is -1.78. The molecular weight excluding hydrogens is 294 g/mol. The second-order valence-electron chi connectivity index (χ2n) is 7.64. The topological polar surface area (TPSA) is 68.5 Å². The number of carbonyl (C=O) groups is 2. The van der Waals surface area contributed by atoms with Crippen molar-refractivity contribution in [1.82, 2.24) is 5.32 Å². The fourth-order valence-electron chi connectivity index (χ4n) is 4.24. The van der Waals surface area contributed by atoms with Crippen molar-refractivity contribution < 1.29 is 18.7 Å². The average molecular weight is 319 g/mol. The van der Waals surface area contributed by atoms with Crippen LogP contribution in [0.3, 0.4) is 0 Å². The molecule has 1 heterocycles. The minimum absolute atomic E-state index is 0.0347. The minimum Gasteiger partial charge on any atom is -0.472 e. The number of carbonyl (C=O) groups excluding carboxylic acids is 2. The van der Waals surface area contributed by atoms with Crippen LogP contribution in [-0.2, 0) is 9.53 Å². The molecule has 1 amide bonds. The lowest BCUT2D eigenvalue weighted by Crippen LogP contribution is -2.58. The Morgan fingerprint density at radius 2 is 2.13 bits per heavy atom. The van der Waals surface area contributed by atoms with Crippen LogP contribution < -0.4 is 5.32 Å². The van der Waals surface area contributed by atoms with Gasteiger partial charge in [0, 0.05) is 0 Å². The van der Waals surface area contributed by atoms with E-state index in [0.29, 0.717) is 28.7 Å². The zero-order valence-corrected chi connectivity index (χ0v) is 14.2. The number of nitrogens with one attached hydrogen (secondary N) is 1. The monoisotopic (exact) mass is 319 g/mol. The van der Waals surface area contributed by atoms with E-state index in [9.17, 15) is 9.59 Å². The molecule has 0 unspecified atom stereocenters. The van der Waals surface area contributed by atoms with Crippen molar-refractivity contribution in [2.75, 3.05) is 0 Å². The van der Waals surface area contributed by atoms with Gasteiger partial charge in [-0.05, 0) is 49.0 Å². The van der Waals surface area contributed by atoms with Gasteiger partial charge in [0.25, 0.3) is 5.91 Å². The van der Waals surface area contributed by atoms with Crippen molar-refractivity contribution in [1.29, 1.82) is 0 Å². The summed E-state index contributed by atoms with van der Waals surface area (Å²) in [6.07, 6.45) is 4.92. The molecule has 5 nitrogen and oxygen atoms in total. The van der Waals surface area contributed by atoms with Gasteiger partial charge in [-0.25, -0.2) is 4.79 Å². The Bertz CT molecular complexity index is 592. The van der Waals surface area contributed by atoms with Crippen molar-refractivity contribution in [3.63, 3.8) is 0 Å². The van der Waals surface area contributed by atoms with E-state index >= 15 is 0 Å². The summed E-state index contributed by atoms with van der Waals surface area (Å²) >= 11 is 0. The Labute approximate surface area is 136 Å².